The van der Waals surface area contributed by atoms with Crippen LogP contribution in [0.1, 0.15) is 19.3 Å². The Balaban J connectivity index is 1.76. The summed E-state index contributed by atoms with van der Waals surface area (Å²) in [5, 5.41) is 3.10. The van der Waals surface area contributed by atoms with Crippen molar-refractivity contribution in [2.45, 2.75) is 25.3 Å². The zero-order valence-electron chi connectivity index (χ0n) is 16.4. The SMILES string of the molecule is NC(=O)C1CCCCN1c1nc(-c2cccnc2)nc2scc(-c3ccccc3)c12. The number of amides is 1. The van der Waals surface area contributed by atoms with Gasteiger partial charge in [0, 0.05) is 35.4 Å². The van der Waals surface area contributed by atoms with Crippen LogP contribution in [0, 0.1) is 0 Å². The topological polar surface area (TPSA) is 85.0 Å². The Morgan fingerprint density at radius 3 is 2.67 bits per heavy atom. The molecule has 6 nitrogen and oxygen atoms in total. The van der Waals surface area contributed by atoms with Gasteiger partial charge in [0.25, 0.3) is 0 Å². The van der Waals surface area contributed by atoms with Crippen LogP contribution in [0.2, 0.25) is 0 Å². The van der Waals surface area contributed by atoms with E-state index in [1.165, 1.54) is 0 Å². The molecule has 1 aliphatic rings. The number of benzene rings is 1. The van der Waals surface area contributed by atoms with Crippen LogP contribution in [0.15, 0.2) is 60.2 Å². The molecule has 0 aliphatic carbocycles. The molecule has 7 heteroatoms. The van der Waals surface area contributed by atoms with Crippen LogP contribution in [0.3, 0.4) is 0 Å². The van der Waals surface area contributed by atoms with Gasteiger partial charge in [-0.1, -0.05) is 30.3 Å². The number of hydrogen-bond acceptors (Lipinski definition) is 6. The molecule has 0 bridgehead atoms. The zero-order valence-corrected chi connectivity index (χ0v) is 17.2. The summed E-state index contributed by atoms with van der Waals surface area (Å²) in [7, 11) is 0. The number of aromatic nitrogens is 3. The van der Waals surface area contributed by atoms with Gasteiger partial charge in [0.1, 0.15) is 16.7 Å². The second-order valence-electron chi connectivity index (χ2n) is 7.42. The minimum atomic E-state index is -0.359. The standard InChI is InChI=1S/C23H21N5OS/c24-20(29)18-10-4-5-12-28(18)22-19-17(15-7-2-1-3-8-15)14-30-23(19)27-21(26-22)16-9-6-11-25-13-16/h1-3,6-9,11,13-14,18H,4-5,10,12H2,(H2,24,29). The summed E-state index contributed by atoms with van der Waals surface area (Å²) >= 11 is 1.59. The van der Waals surface area contributed by atoms with Crippen molar-refractivity contribution >= 4 is 33.3 Å². The third-order valence-electron chi connectivity index (χ3n) is 5.52. The molecule has 150 valence electrons. The number of carbonyl (C=O) groups excluding carboxylic acids is 1. The minimum Gasteiger partial charge on any atom is -0.368 e. The molecule has 0 radical (unpaired) electrons. The van der Waals surface area contributed by atoms with E-state index in [2.05, 4.69) is 27.4 Å². The highest BCUT2D eigenvalue weighted by molar-refractivity contribution is 7.17. The maximum absolute atomic E-state index is 12.3. The fourth-order valence-electron chi connectivity index (χ4n) is 4.07. The molecule has 1 fully saturated rings. The van der Waals surface area contributed by atoms with Crippen molar-refractivity contribution in [1.29, 1.82) is 0 Å². The lowest BCUT2D eigenvalue weighted by Gasteiger charge is -2.35. The largest absolute Gasteiger partial charge is 0.368 e. The first kappa shape index (κ1) is 18.7. The number of nitrogens with two attached hydrogens (primary N) is 1. The van der Waals surface area contributed by atoms with E-state index in [0.29, 0.717) is 5.82 Å². The second-order valence-corrected chi connectivity index (χ2v) is 8.27. The Morgan fingerprint density at radius 2 is 1.90 bits per heavy atom. The molecular weight excluding hydrogens is 394 g/mol. The van der Waals surface area contributed by atoms with Crippen LogP contribution in [0.5, 0.6) is 0 Å². The van der Waals surface area contributed by atoms with Gasteiger partial charge in [0.05, 0.1) is 5.39 Å². The lowest BCUT2D eigenvalue weighted by molar-refractivity contribution is -0.119. The van der Waals surface area contributed by atoms with Crippen molar-refractivity contribution in [3.63, 3.8) is 0 Å². The second kappa shape index (κ2) is 7.84. The number of primary amides is 1. The molecule has 2 N–H and O–H groups in total. The van der Waals surface area contributed by atoms with Gasteiger partial charge in [-0.25, -0.2) is 9.97 Å². The van der Waals surface area contributed by atoms with Crippen molar-refractivity contribution in [2.24, 2.45) is 5.73 Å². The van der Waals surface area contributed by atoms with E-state index in [1.807, 2.05) is 30.3 Å². The molecule has 1 aliphatic heterocycles. The molecule has 5 rings (SSSR count). The highest BCUT2D eigenvalue weighted by Crippen LogP contribution is 2.41. The smallest absolute Gasteiger partial charge is 0.240 e. The molecule has 3 aromatic heterocycles. The Bertz CT molecular complexity index is 1190. The van der Waals surface area contributed by atoms with Gasteiger partial charge in [0.2, 0.25) is 5.91 Å². The predicted octanol–water partition coefficient (Wildman–Crippen LogP) is 4.26. The predicted molar refractivity (Wildman–Crippen MR) is 120 cm³/mol. The molecule has 0 saturated carbocycles. The molecule has 1 aromatic carbocycles. The number of hydrogen-bond donors (Lipinski definition) is 1. The monoisotopic (exact) mass is 415 g/mol. The van der Waals surface area contributed by atoms with Crippen LogP contribution in [0.25, 0.3) is 32.7 Å². The Morgan fingerprint density at radius 1 is 1.07 bits per heavy atom. The fourth-order valence-corrected chi connectivity index (χ4v) is 5.01. The van der Waals surface area contributed by atoms with Crippen molar-refractivity contribution in [3.8, 4) is 22.5 Å². The summed E-state index contributed by atoms with van der Waals surface area (Å²) in [6, 6.07) is 13.7. The maximum atomic E-state index is 12.3. The average Bonchev–Trinajstić information content (AvgIpc) is 3.24. The number of thiophene rings is 1. The number of rotatable bonds is 4. The van der Waals surface area contributed by atoms with Crippen molar-refractivity contribution < 1.29 is 4.79 Å². The maximum Gasteiger partial charge on any atom is 0.240 e. The van der Waals surface area contributed by atoms with Gasteiger partial charge in [0.15, 0.2) is 5.82 Å². The molecule has 4 aromatic rings. The Labute approximate surface area is 178 Å². The molecule has 4 heterocycles. The summed E-state index contributed by atoms with van der Waals surface area (Å²) in [5.41, 5.74) is 8.82. The Kier molecular flexibility index (Phi) is 4.88. The van der Waals surface area contributed by atoms with E-state index < -0.39 is 0 Å². The summed E-state index contributed by atoms with van der Waals surface area (Å²) in [6.45, 7) is 0.746. The van der Waals surface area contributed by atoms with Crippen LogP contribution < -0.4 is 10.6 Å². The van der Waals surface area contributed by atoms with Crippen molar-refractivity contribution in [3.05, 3.63) is 60.2 Å². The highest BCUT2D eigenvalue weighted by atomic mass is 32.1. The van der Waals surface area contributed by atoms with E-state index >= 15 is 0 Å². The lowest BCUT2D eigenvalue weighted by Crippen LogP contribution is -2.48. The van der Waals surface area contributed by atoms with Crippen LogP contribution in [-0.4, -0.2) is 33.4 Å². The summed E-state index contributed by atoms with van der Waals surface area (Å²) in [5.74, 6) is 1.09. The number of piperidine rings is 1. The van der Waals surface area contributed by atoms with Crippen molar-refractivity contribution in [1.82, 2.24) is 15.0 Å². The first-order valence-corrected chi connectivity index (χ1v) is 10.9. The molecule has 1 saturated heterocycles. The van der Waals surface area contributed by atoms with E-state index in [1.54, 1.807) is 23.7 Å². The molecule has 1 unspecified atom stereocenters. The fraction of sp³-hybridized carbons (Fsp3) is 0.217. The van der Waals surface area contributed by atoms with Gasteiger partial charge >= 0.3 is 0 Å². The summed E-state index contributed by atoms with van der Waals surface area (Å²) < 4.78 is 0. The van der Waals surface area contributed by atoms with E-state index in [0.717, 1.165) is 58.5 Å². The highest BCUT2D eigenvalue weighted by Gasteiger charge is 2.31. The molecular formula is C23H21N5OS. The Hall–Kier alpha value is -3.32. The van der Waals surface area contributed by atoms with Crippen LogP contribution in [0.4, 0.5) is 5.82 Å². The summed E-state index contributed by atoms with van der Waals surface area (Å²) in [6.07, 6.45) is 6.23. The van der Waals surface area contributed by atoms with Gasteiger partial charge in [-0.3, -0.25) is 9.78 Å². The normalized spacial score (nSPS) is 16.7. The zero-order chi connectivity index (χ0) is 20.5. The number of pyridine rings is 1. The van der Waals surface area contributed by atoms with Crippen LogP contribution in [-0.2, 0) is 4.79 Å². The number of fused-ring (bicyclic) bond motifs is 1. The van der Waals surface area contributed by atoms with Gasteiger partial charge in [-0.2, -0.15) is 0 Å². The van der Waals surface area contributed by atoms with Crippen molar-refractivity contribution in [2.75, 3.05) is 11.4 Å². The number of carbonyl (C=O) groups is 1. The van der Waals surface area contributed by atoms with E-state index in [-0.39, 0.29) is 11.9 Å². The van der Waals surface area contributed by atoms with Gasteiger partial charge in [-0.05, 0) is 37.0 Å². The van der Waals surface area contributed by atoms with Gasteiger partial charge in [-0.15, -0.1) is 11.3 Å². The van der Waals surface area contributed by atoms with E-state index in [4.69, 9.17) is 15.7 Å². The third kappa shape index (κ3) is 3.31. The number of nitrogens with zero attached hydrogens (tertiary/aromatic N) is 4. The molecule has 30 heavy (non-hydrogen) atoms. The molecule has 0 spiro atoms. The van der Waals surface area contributed by atoms with Gasteiger partial charge < -0.3 is 10.6 Å². The third-order valence-corrected chi connectivity index (χ3v) is 6.39. The minimum absolute atomic E-state index is 0.305. The number of anilines is 1. The first-order valence-electron chi connectivity index (χ1n) is 10.0. The molecule has 1 atom stereocenters. The first-order chi connectivity index (χ1) is 14.7. The molecule has 1 amide bonds. The van der Waals surface area contributed by atoms with Crippen LogP contribution >= 0.6 is 11.3 Å². The quantitative estimate of drug-likeness (QED) is 0.538. The lowest BCUT2D eigenvalue weighted by atomic mass is 10.00. The van der Waals surface area contributed by atoms with E-state index in [9.17, 15) is 4.79 Å². The summed E-state index contributed by atoms with van der Waals surface area (Å²) in [4.78, 5) is 29.2. The average molecular weight is 416 g/mol.